The van der Waals surface area contributed by atoms with Crippen LogP contribution in [-0.4, -0.2) is 41.2 Å². The lowest BCUT2D eigenvalue weighted by Gasteiger charge is -2.31. The molecule has 0 bridgehead atoms. The van der Waals surface area contributed by atoms with Gasteiger partial charge in [0, 0.05) is 16.7 Å². The van der Waals surface area contributed by atoms with Crippen molar-refractivity contribution >= 4 is 38.0 Å². The van der Waals surface area contributed by atoms with E-state index in [0.717, 1.165) is 16.7 Å². The van der Waals surface area contributed by atoms with Crippen LogP contribution in [0.25, 0.3) is 22.3 Å². The standard InChI is InChI=1S/C33H33B2NO6/c1-10-11(2)19(16(7)27(37)13(10)4)22-17(8)29(39)26-33(31(22)41)42-32-25(36-26)24(35)15(6)21(30(32)40)20-12(3)14(5)28(38)18(9)23(20)34/h36-41H,1-9H3. The average Bonchev–Trinajstić information content (AvgIpc) is 2.97. The van der Waals surface area contributed by atoms with E-state index in [1.807, 2.05) is 20.8 Å². The minimum absolute atomic E-state index is 0.0522. The van der Waals surface area contributed by atoms with Crippen molar-refractivity contribution in [2.45, 2.75) is 62.3 Å². The minimum Gasteiger partial charge on any atom is -0.507 e. The molecular weight excluding hydrogens is 528 g/mol. The largest absolute Gasteiger partial charge is 0.507 e. The van der Waals surface area contributed by atoms with Crippen molar-refractivity contribution in [3.05, 3.63) is 50.1 Å². The second-order valence-electron chi connectivity index (χ2n) is 11.3. The number of phenolic OH excluding ortho intramolecular Hbond substituents is 5. The Bertz CT molecular complexity index is 1700. The molecule has 1 aliphatic rings. The smallest absolute Gasteiger partial charge is 0.197 e. The van der Waals surface area contributed by atoms with E-state index in [2.05, 4.69) is 5.32 Å². The van der Waals surface area contributed by atoms with Gasteiger partial charge in [0.25, 0.3) is 0 Å². The molecule has 0 aliphatic carbocycles. The second kappa shape index (κ2) is 9.58. The Morgan fingerprint density at radius 2 is 0.857 bits per heavy atom. The number of rotatable bonds is 2. The van der Waals surface area contributed by atoms with Crippen molar-refractivity contribution in [2.24, 2.45) is 0 Å². The first kappa shape index (κ1) is 29.1. The summed E-state index contributed by atoms with van der Waals surface area (Å²) in [4.78, 5) is 0. The zero-order valence-corrected chi connectivity index (χ0v) is 25.3. The predicted octanol–water partition coefficient (Wildman–Crippen LogP) is 5.76. The third kappa shape index (κ3) is 3.68. The predicted molar refractivity (Wildman–Crippen MR) is 169 cm³/mol. The topological polar surface area (TPSA) is 122 Å². The first-order valence-electron chi connectivity index (χ1n) is 13.6. The fourth-order valence-electron chi connectivity index (χ4n) is 6.14. The Labute approximate surface area is 248 Å². The molecule has 0 amide bonds. The van der Waals surface area contributed by atoms with Gasteiger partial charge in [-0.2, -0.15) is 0 Å². The maximum absolute atomic E-state index is 11.7. The van der Waals surface area contributed by atoms with Gasteiger partial charge in [-0.15, -0.1) is 0 Å². The van der Waals surface area contributed by atoms with Crippen molar-refractivity contribution in [1.82, 2.24) is 0 Å². The lowest BCUT2D eigenvalue weighted by molar-refractivity contribution is 0.381. The first-order chi connectivity index (χ1) is 19.5. The van der Waals surface area contributed by atoms with Gasteiger partial charge in [0.15, 0.2) is 23.0 Å². The van der Waals surface area contributed by atoms with Crippen molar-refractivity contribution in [3.8, 4) is 62.5 Å². The molecule has 4 aromatic rings. The van der Waals surface area contributed by atoms with E-state index >= 15 is 0 Å². The zero-order valence-electron chi connectivity index (χ0n) is 25.3. The Morgan fingerprint density at radius 3 is 1.45 bits per heavy atom. The third-order valence-corrected chi connectivity index (χ3v) is 9.23. The fraction of sp³-hybridized carbons (Fsp3) is 0.273. The molecule has 0 saturated carbocycles. The van der Waals surface area contributed by atoms with Gasteiger partial charge < -0.3 is 35.6 Å². The van der Waals surface area contributed by atoms with Crippen LogP contribution < -0.4 is 21.0 Å². The minimum atomic E-state index is -0.278. The van der Waals surface area contributed by atoms with Gasteiger partial charge in [-0.3, -0.25) is 0 Å². The molecule has 6 N–H and O–H groups in total. The average molecular weight is 561 g/mol. The van der Waals surface area contributed by atoms with Crippen LogP contribution in [-0.2, 0) is 0 Å². The molecule has 42 heavy (non-hydrogen) atoms. The highest BCUT2D eigenvalue weighted by atomic mass is 16.5. The number of benzene rings is 4. The number of phenols is 5. The molecule has 1 aliphatic heterocycles. The number of anilines is 2. The van der Waals surface area contributed by atoms with Crippen LogP contribution in [0.15, 0.2) is 0 Å². The highest BCUT2D eigenvalue weighted by Crippen LogP contribution is 2.60. The summed E-state index contributed by atoms with van der Waals surface area (Å²) in [7, 11) is 13.1. The number of hydrogen-bond acceptors (Lipinski definition) is 7. The molecular formula is C33H33B2NO6. The third-order valence-electron chi connectivity index (χ3n) is 9.23. The van der Waals surface area contributed by atoms with Crippen LogP contribution in [0, 0.1) is 62.3 Å². The molecule has 0 spiro atoms. The van der Waals surface area contributed by atoms with Gasteiger partial charge in [-0.1, -0.05) is 10.9 Å². The molecule has 0 fully saturated rings. The Balaban J connectivity index is 1.81. The van der Waals surface area contributed by atoms with E-state index in [4.69, 9.17) is 20.4 Å². The fourth-order valence-corrected chi connectivity index (χ4v) is 6.14. The molecule has 0 aromatic heterocycles. The molecule has 4 aromatic carbocycles. The molecule has 9 heteroatoms. The Hall–Kier alpha value is -4.39. The SMILES string of the molecule is [B]c1c(C)c(-c2c([B])c(C)c(O)c(C)c2C)c(O)c2c1Nc1c(O)c(C)c(-c3c(C)c(C)c(C)c(O)c3C)c(O)c1O2. The van der Waals surface area contributed by atoms with Crippen LogP contribution in [0.1, 0.15) is 50.1 Å². The number of ether oxygens (including phenoxy) is 1. The van der Waals surface area contributed by atoms with Gasteiger partial charge >= 0.3 is 0 Å². The normalized spacial score (nSPS) is 12.0. The van der Waals surface area contributed by atoms with E-state index in [1.165, 1.54) is 0 Å². The van der Waals surface area contributed by atoms with E-state index in [0.29, 0.717) is 55.6 Å². The molecule has 0 atom stereocenters. The van der Waals surface area contributed by atoms with Crippen molar-refractivity contribution in [1.29, 1.82) is 0 Å². The summed E-state index contributed by atoms with van der Waals surface area (Å²) in [6.07, 6.45) is 0. The summed E-state index contributed by atoms with van der Waals surface area (Å²) in [5.74, 6) is -0.703. The summed E-state index contributed by atoms with van der Waals surface area (Å²) in [5, 5.41) is 59.2. The summed E-state index contributed by atoms with van der Waals surface area (Å²) in [5.41, 5.74) is 8.16. The van der Waals surface area contributed by atoms with Crippen LogP contribution >= 0.6 is 0 Å². The van der Waals surface area contributed by atoms with Crippen molar-refractivity contribution in [3.63, 3.8) is 0 Å². The first-order valence-corrected chi connectivity index (χ1v) is 13.6. The van der Waals surface area contributed by atoms with E-state index in [-0.39, 0.29) is 62.5 Å². The van der Waals surface area contributed by atoms with Gasteiger partial charge in [0.2, 0.25) is 0 Å². The lowest BCUT2D eigenvalue weighted by Crippen LogP contribution is -2.21. The molecule has 212 valence electrons. The maximum atomic E-state index is 11.7. The summed E-state index contributed by atoms with van der Waals surface area (Å²) in [6.45, 7) is 16.0. The number of fused-ring (bicyclic) bond motifs is 2. The maximum Gasteiger partial charge on any atom is 0.197 e. The van der Waals surface area contributed by atoms with Crippen molar-refractivity contribution < 1.29 is 30.3 Å². The number of nitrogens with one attached hydrogen (secondary N) is 1. The lowest BCUT2D eigenvalue weighted by atomic mass is 9.75. The highest BCUT2D eigenvalue weighted by molar-refractivity contribution is 6.40. The summed E-state index contributed by atoms with van der Waals surface area (Å²) in [6, 6.07) is 0. The molecule has 5 rings (SSSR count). The Morgan fingerprint density at radius 1 is 0.405 bits per heavy atom. The summed E-state index contributed by atoms with van der Waals surface area (Å²) < 4.78 is 6.21. The zero-order chi connectivity index (χ0) is 31.3. The van der Waals surface area contributed by atoms with E-state index in [1.54, 1.807) is 41.5 Å². The second-order valence-corrected chi connectivity index (χ2v) is 11.3. The van der Waals surface area contributed by atoms with Crippen LogP contribution in [0.2, 0.25) is 0 Å². The molecule has 4 radical (unpaired) electrons. The van der Waals surface area contributed by atoms with E-state index < -0.39 is 0 Å². The molecule has 1 heterocycles. The van der Waals surface area contributed by atoms with Crippen LogP contribution in [0.4, 0.5) is 11.4 Å². The molecule has 0 unspecified atom stereocenters. The van der Waals surface area contributed by atoms with Gasteiger partial charge in [-0.25, -0.2) is 0 Å². The van der Waals surface area contributed by atoms with Crippen LogP contribution in [0.3, 0.4) is 0 Å². The highest BCUT2D eigenvalue weighted by Gasteiger charge is 2.34. The van der Waals surface area contributed by atoms with Crippen LogP contribution in [0.5, 0.6) is 40.2 Å². The number of aromatic hydroxyl groups is 5. The quantitative estimate of drug-likeness (QED) is 0.0921. The van der Waals surface area contributed by atoms with Gasteiger partial charge in [-0.05, 0) is 118 Å². The summed E-state index contributed by atoms with van der Waals surface area (Å²) >= 11 is 0. The van der Waals surface area contributed by atoms with Crippen molar-refractivity contribution in [2.75, 3.05) is 5.32 Å². The molecule has 7 nitrogen and oxygen atoms in total. The molecule has 0 saturated heterocycles. The van der Waals surface area contributed by atoms with Gasteiger partial charge in [0.05, 0.1) is 5.69 Å². The number of hydrogen-bond donors (Lipinski definition) is 6. The monoisotopic (exact) mass is 561 g/mol. The Kier molecular flexibility index (Phi) is 6.64. The van der Waals surface area contributed by atoms with E-state index in [9.17, 15) is 25.5 Å². The van der Waals surface area contributed by atoms with Gasteiger partial charge in [0.1, 0.15) is 38.6 Å².